The maximum Gasteiger partial charge on any atom is -0.0623 e. The van der Waals surface area contributed by atoms with Gasteiger partial charge < -0.3 is 18.6 Å². The number of benzene rings is 1. The van der Waals surface area contributed by atoms with Crippen molar-refractivity contribution < 1.29 is 12.4 Å². The molecule has 0 bridgehead atoms. The second kappa shape index (κ2) is 10.5. The fourth-order valence-electron chi connectivity index (χ4n) is 0.385. The fraction of sp³-hybridized carbons (Fsp3) is 0.143. The van der Waals surface area contributed by atoms with Crippen molar-refractivity contribution >= 4 is 0 Å². The fourth-order valence-corrected chi connectivity index (χ4v) is 0.385. The first-order valence-electron chi connectivity index (χ1n) is 2.00. The predicted molar refractivity (Wildman–Crippen MR) is 39.2 cm³/mol. The lowest BCUT2D eigenvalue weighted by atomic mass is 10.4. The van der Waals surface area contributed by atoms with Crippen LogP contribution in [0.1, 0.15) is 7.43 Å². The van der Waals surface area contributed by atoms with Gasteiger partial charge in [0.25, 0.3) is 0 Å². The van der Waals surface area contributed by atoms with Crippen molar-refractivity contribution in [3.8, 4) is 0 Å². The van der Waals surface area contributed by atoms with Crippen molar-refractivity contribution in [3.63, 3.8) is 0 Å². The highest BCUT2D eigenvalue weighted by Gasteiger charge is 1.57. The summed E-state index contributed by atoms with van der Waals surface area (Å²) in [4.78, 5) is 0. The molecule has 1 aromatic carbocycles. The van der Waals surface area contributed by atoms with Crippen LogP contribution in [-0.4, -0.2) is 0 Å². The summed E-state index contributed by atoms with van der Waals surface area (Å²) in [6.45, 7) is 0. The smallest absolute Gasteiger partial charge is 0.0623 e. The predicted octanol–water partition coefficient (Wildman–Crippen LogP) is -0.297. The largest absolute Gasteiger partial charge is 1.00 e. The summed E-state index contributed by atoms with van der Waals surface area (Å²) in [6.07, 6.45) is 0. The molecular weight excluding hydrogens is 134 g/mol. The Kier molecular flexibility index (Phi) is 18.3. The molecule has 2 heteroatoms. The van der Waals surface area contributed by atoms with Gasteiger partial charge in [0.15, 0.2) is 0 Å². The average Bonchev–Trinajstić information content (AvgIpc) is 1.72. The summed E-state index contributed by atoms with van der Waals surface area (Å²) in [7, 11) is 0. The third kappa shape index (κ3) is 7.47. The van der Waals surface area contributed by atoms with Crippen molar-refractivity contribution in [2.24, 2.45) is 0 Å². The van der Waals surface area contributed by atoms with Crippen LogP contribution in [0.5, 0.6) is 0 Å². The summed E-state index contributed by atoms with van der Waals surface area (Å²) >= 11 is 0. The molecule has 0 aliphatic carbocycles. The van der Waals surface area contributed by atoms with E-state index in [9.17, 15) is 0 Å². The summed E-state index contributed by atoms with van der Waals surface area (Å²) in [6, 6.07) is 12.0. The van der Waals surface area contributed by atoms with Gasteiger partial charge in [-0.05, 0) is 0 Å². The molecular formula is C7H14ClN. The Morgan fingerprint density at radius 1 is 0.556 bits per heavy atom. The van der Waals surface area contributed by atoms with E-state index in [4.69, 9.17) is 0 Å². The first-order valence-corrected chi connectivity index (χ1v) is 2.00. The quantitative estimate of drug-likeness (QED) is 0.524. The Hall–Kier alpha value is -0.530. The third-order valence-corrected chi connectivity index (χ3v) is 0.667. The Bertz CT molecular complexity index is 80.8. The molecule has 1 aromatic rings. The monoisotopic (exact) mass is 147 g/mol. The van der Waals surface area contributed by atoms with E-state index in [0.29, 0.717) is 0 Å². The second-order valence-electron chi connectivity index (χ2n) is 1.15. The summed E-state index contributed by atoms with van der Waals surface area (Å²) in [5.41, 5.74) is 0. The zero-order valence-corrected chi connectivity index (χ0v) is 5.60. The minimum absolute atomic E-state index is 0. The lowest BCUT2D eigenvalue weighted by Crippen LogP contribution is -3.00. The number of hydrogen-bond acceptors (Lipinski definition) is 0. The van der Waals surface area contributed by atoms with Gasteiger partial charge in [0, 0.05) is 0 Å². The number of rotatable bonds is 0. The summed E-state index contributed by atoms with van der Waals surface area (Å²) in [5, 5.41) is 0. The molecule has 0 aliphatic rings. The van der Waals surface area contributed by atoms with E-state index in [1.807, 2.05) is 36.4 Å². The van der Waals surface area contributed by atoms with Crippen LogP contribution in [0.4, 0.5) is 0 Å². The van der Waals surface area contributed by atoms with Crippen molar-refractivity contribution in [1.82, 2.24) is 6.15 Å². The van der Waals surface area contributed by atoms with Crippen LogP contribution in [0.25, 0.3) is 0 Å². The van der Waals surface area contributed by atoms with Crippen molar-refractivity contribution in [2.45, 2.75) is 7.43 Å². The van der Waals surface area contributed by atoms with Gasteiger partial charge in [-0.15, -0.1) is 0 Å². The molecule has 1 rings (SSSR count). The Labute approximate surface area is 63.1 Å². The molecule has 0 atom stereocenters. The number of quaternary nitrogens is 1. The van der Waals surface area contributed by atoms with Gasteiger partial charge in [0.05, 0.1) is 0 Å². The van der Waals surface area contributed by atoms with Crippen molar-refractivity contribution in [3.05, 3.63) is 36.4 Å². The molecule has 0 aromatic heterocycles. The molecule has 9 heavy (non-hydrogen) atoms. The van der Waals surface area contributed by atoms with Crippen LogP contribution in [0.2, 0.25) is 0 Å². The highest BCUT2D eigenvalue weighted by Crippen LogP contribution is 1.79. The van der Waals surface area contributed by atoms with E-state index < -0.39 is 0 Å². The Morgan fingerprint density at radius 2 is 0.667 bits per heavy atom. The molecule has 0 amide bonds. The molecule has 0 saturated carbocycles. The zero-order valence-electron chi connectivity index (χ0n) is 4.84. The molecule has 0 saturated heterocycles. The third-order valence-electron chi connectivity index (χ3n) is 0.667. The first-order chi connectivity index (χ1) is 3.00. The van der Waals surface area contributed by atoms with Crippen LogP contribution in [-0.2, 0) is 0 Å². The molecule has 0 aliphatic heterocycles. The molecule has 1 nitrogen and oxygen atoms in total. The van der Waals surface area contributed by atoms with Crippen LogP contribution in [0, 0.1) is 0 Å². The minimum atomic E-state index is 0. The topological polar surface area (TPSA) is 36.5 Å². The minimum Gasteiger partial charge on any atom is -1.00 e. The lowest BCUT2D eigenvalue weighted by molar-refractivity contribution is -0.00000207. The van der Waals surface area contributed by atoms with E-state index >= 15 is 0 Å². The Morgan fingerprint density at radius 3 is 0.778 bits per heavy atom. The summed E-state index contributed by atoms with van der Waals surface area (Å²) < 4.78 is 0. The molecule has 0 heterocycles. The zero-order chi connectivity index (χ0) is 4.24. The van der Waals surface area contributed by atoms with Gasteiger partial charge in [0.2, 0.25) is 0 Å². The Balaban J connectivity index is -0.000000120. The van der Waals surface area contributed by atoms with Crippen LogP contribution < -0.4 is 18.6 Å². The summed E-state index contributed by atoms with van der Waals surface area (Å²) in [5.74, 6) is 0. The van der Waals surface area contributed by atoms with E-state index in [-0.39, 0.29) is 26.0 Å². The highest BCUT2D eigenvalue weighted by atomic mass is 35.5. The van der Waals surface area contributed by atoms with Crippen molar-refractivity contribution in [1.29, 1.82) is 0 Å². The van der Waals surface area contributed by atoms with Crippen molar-refractivity contribution in [2.75, 3.05) is 0 Å². The van der Waals surface area contributed by atoms with Crippen LogP contribution in [0.3, 0.4) is 0 Å². The normalized spacial score (nSPS) is 5.33. The molecule has 0 spiro atoms. The number of hydrogen-bond donors (Lipinski definition) is 1. The van der Waals surface area contributed by atoms with Gasteiger partial charge in [0.1, 0.15) is 0 Å². The number of halogens is 1. The van der Waals surface area contributed by atoms with Gasteiger partial charge in [-0.1, -0.05) is 43.8 Å². The van der Waals surface area contributed by atoms with E-state index in [1.54, 1.807) is 0 Å². The van der Waals surface area contributed by atoms with Gasteiger partial charge in [-0.25, -0.2) is 0 Å². The van der Waals surface area contributed by atoms with E-state index in [2.05, 4.69) is 0 Å². The van der Waals surface area contributed by atoms with Crippen LogP contribution >= 0.6 is 0 Å². The van der Waals surface area contributed by atoms with Gasteiger partial charge >= 0.3 is 0 Å². The molecule has 0 radical (unpaired) electrons. The second-order valence-corrected chi connectivity index (χ2v) is 1.15. The first kappa shape index (κ1) is 15.8. The molecule has 54 valence electrons. The van der Waals surface area contributed by atoms with E-state index in [1.165, 1.54) is 0 Å². The average molecular weight is 148 g/mol. The maximum absolute atomic E-state index is 2.00. The lowest BCUT2D eigenvalue weighted by Gasteiger charge is -1.69. The SMILES string of the molecule is C.[Cl-].[NH4+].c1ccccc1. The highest BCUT2D eigenvalue weighted by molar-refractivity contribution is 4.99. The van der Waals surface area contributed by atoms with Crippen LogP contribution in [0.15, 0.2) is 36.4 Å². The van der Waals surface area contributed by atoms with Gasteiger partial charge in [-0.2, -0.15) is 0 Å². The molecule has 0 unspecified atom stereocenters. The van der Waals surface area contributed by atoms with E-state index in [0.717, 1.165) is 0 Å². The molecule has 0 fully saturated rings. The van der Waals surface area contributed by atoms with Gasteiger partial charge in [-0.3, -0.25) is 0 Å². The molecule has 4 N–H and O–H groups in total. The maximum atomic E-state index is 2.00. The standard InChI is InChI=1S/C6H6.CH4.ClH.H3N/c1-2-4-6-5-3-1;;;/h1-6H;1H4;1H;1H3.